The molecular formula is C14H25NO6S. The van der Waals surface area contributed by atoms with Crippen molar-refractivity contribution in [3.05, 3.63) is 0 Å². The van der Waals surface area contributed by atoms with E-state index in [0.29, 0.717) is 6.42 Å². The quantitative estimate of drug-likeness (QED) is 0.780. The average Bonchev–Trinajstić information content (AvgIpc) is 2.49. The number of carbonyl (C=O) groups is 2. The van der Waals surface area contributed by atoms with E-state index >= 15 is 0 Å². The van der Waals surface area contributed by atoms with Gasteiger partial charge in [-0.25, -0.2) is 13.2 Å². The van der Waals surface area contributed by atoms with Crippen LogP contribution in [0.4, 0.5) is 4.79 Å². The highest BCUT2D eigenvalue weighted by atomic mass is 32.2. The van der Waals surface area contributed by atoms with Crippen LogP contribution >= 0.6 is 0 Å². The van der Waals surface area contributed by atoms with Gasteiger partial charge >= 0.3 is 12.1 Å². The molecule has 22 heavy (non-hydrogen) atoms. The van der Waals surface area contributed by atoms with Crippen LogP contribution in [0.1, 0.15) is 40.0 Å². The summed E-state index contributed by atoms with van der Waals surface area (Å²) in [7, 11) is -1.86. The summed E-state index contributed by atoms with van der Waals surface area (Å²) in [6, 6.07) is -0.425. The number of rotatable bonds is 3. The third-order valence-corrected chi connectivity index (χ3v) is 5.18. The maximum absolute atomic E-state index is 11.9. The van der Waals surface area contributed by atoms with Crippen molar-refractivity contribution in [1.82, 2.24) is 5.32 Å². The second-order valence-electron chi connectivity index (χ2n) is 6.52. The predicted molar refractivity (Wildman–Crippen MR) is 81.2 cm³/mol. The van der Waals surface area contributed by atoms with E-state index in [9.17, 15) is 18.0 Å². The van der Waals surface area contributed by atoms with E-state index in [2.05, 4.69) is 10.1 Å². The minimum atomic E-state index is -3.14. The molecule has 8 heteroatoms. The van der Waals surface area contributed by atoms with Gasteiger partial charge < -0.3 is 14.8 Å². The Labute approximate surface area is 131 Å². The number of nitrogens with one attached hydrogen (secondary N) is 1. The van der Waals surface area contributed by atoms with Crippen molar-refractivity contribution >= 4 is 21.9 Å². The summed E-state index contributed by atoms with van der Waals surface area (Å²) in [6.45, 7) is 5.24. The maximum atomic E-state index is 11.9. The van der Waals surface area contributed by atoms with Crippen LogP contribution in [0, 0.1) is 5.92 Å². The molecule has 1 aliphatic heterocycles. The van der Waals surface area contributed by atoms with Crippen molar-refractivity contribution in [1.29, 1.82) is 0 Å². The number of carbonyl (C=O) groups excluding carboxylic acids is 2. The molecule has 1 N–H and O–H groups in total. The number of sulfone groups is 1. The summed E-state index contributed by atoms with van der Waals surface area (Å²) in [4.78, 5) is 23.4. The second-order valence-corrected chi connectivity index (χ2v) is 8.83. The fourth-order valence-corrected chi connectivity index (χ4v) is 3.85. The minimum Gasteiger partial charge on any atom is -0.469 e. The van der Waals surface area contributed by atoms with Gasteiger partial charge in [-0.05, 0) is 39.5 Å². The summed E-state index contributed by atoms with van der Waals surface area (Å²) in [5.74, 6) is -0.690. The first-order chi connectivity index (χ1) is 10.0. The van der Waals surface area contributed by atoms with Gasteiger partial charge in [0.25, 0.3) is 0 Å². The van der Waals surface area contributed by atoms with Crippen LogP contribution < -0.4 is 5.32 Å². The first-order valence-electron chi connectivity index (χ1n) is 7.29. The number of methoxy groups -OCH3 is 1. The molecule has 0 aliphatic carbocycles. The maximum Gasteiger partial charge on any atom is 0.407 e. The second kappa shape index (κ2) is 7.30. The highest BCUT2D eigenvalue weighted by Gasteiger charge is 2.33. The smallest absolute Gasteiger partial charge is 0.407 e. The van der Waals surface area contributed by atoms with Crippen molar-refractivity contribution in [3.63, 3.8) is 0 Å². The van der Waals surface area contributed by atoms with Gasteiger partial charge in [-0.3, -0.25) is 4.79 Å². The van der Waals surface area contributed by atoms with Gasteiger partial charge in [-0.1, -0.05) is 0 Å². The normalized spacial score (nSPS) is 24.9. The van der Waals surface area contributed by atoms with E-state index < -0.39 is 33.5 Å². The average molecular weight is 335 g/mol. The van der Waals surface area contributed by atoms with Crippen LogP contribution in [0.25, 0.3) is 0 Å². The van der Waals surface area contributed by atoms with Crippen molar-refractivity contribution < 1.29 is 27.5 Å². The number of ether oxygens (including phenoxy) is 2. The molecule has 2 atom stereocenters. The molecule has 1 rings (SSSR count). The lowest BCUT2D eigenvalue weighted by Crippen LogP contribution is -2.43. The lowest BCUT2D eigenvalue weighted by molar-refractivity contribution is -0.142. The van der Waals surface area contributed by atoms with Gasteiger partial charge in [0.2, 0.25) is 0 Å². The fraction of sp³-hybridized carbons (Fsp3) is 0.857. The molecule has 0 radical (unpaired) electrons. The summed E-state index contributed by atoms with van der Waals surface area (Å²) >= 11 is 0. The molecule has 1 saturated heterocycles. The summed E-state index contributed by atoms with van der Waals surface area (Å²) in [5, 5.41) is 2.70. The minimum absolute atomic E-state index is 0.00879. The largest absolute Gasteiger partial charge is 0.469 e. The van der Waals surface area contributed by atoms with E-state index in [0.717, 1.165) is 0 Å². The number of hydrogen-bond acceptors (Lipinski definition) is 6. The van der Waals surface area contributed by atoms with Gasteiger partial charge in [-0.15, -0.1) is 0 Å². The summed E-state index contributed by atoms with van der Waals surface area (Å²) in [6.07, 6.45) is 0.0554. The van der Waals surface area contributed by atoms with E-state index in [1.54, 1.807) is 20.8 Å². The molecule has 1 aliphatic rings. The molecule has 1 fully saturated rings. The van der Waals surface area contributed by atoms with Crippen molar-refractivity contribution in [2.75, 3.05) is 18.6 Å². The molecule has 1 amide bonds. The van der Waals surface area contributed by atoms with Gasteiger partial charge in [-0.2, -0.15) is 0 Å². The third kappa shape index (κ3) is 6.64. The number of hydrogen-bond donors (Lipinski definition) is 1. The van der Waals surface area contributed by atoms with Crippen LogP contribution in [-0.4, -0.2) is 50.7 Å². The van der Waals surface area contributed by atoms with Crippen LogP contribution in [0.3, 0.4) is 0 Å². The Bertz CT molecular complexity index is 508. The highest BCUT2D eigenvalue weighted by molar-refractivity contribution is 7.91. The molecule has 0 aromatic carbocycles. The van der Waals surface area contributed by atoms with E-state index in [-0.39, 0.29) is 30.3 Å². The Morgan fingerprint density at radius 1 is 1.18 bits per heavy atom. The SMILES string of the molecule is COC(=O)C[C@H]1CCS(=O)(=O)CC[C@H]1NC(=O)OC(C)(C)C. The fourth-order valence-electron chi connectivity index (χ4n) is 2.37. The van der Waals surface area contributed by atoms with Gasteiger partial charge in [0, 0.05) is 6.04 Å². The monoisotopic (exact) mass is 335 g/mol. The number of esters is 1. The molecule has 0 unspecified atom stereocenters. The highest BCUT2D eigenvalue weighted by Crippen LogP contribution is 2.23. The Morgan fingerprint density at radius 3 is 2.32 bits per heavy atom. The Morgan fingerprint density at radius 2 is 1.77 bits per heavy atom. The molecule has 1 heterocycles. The van der Waals surface area contributed by atoms with Crippen molar-refractivity contribution in [3.8, 4) is 0 Å². The predicted octanol–water partition coefficient (Wildman–Crippen LogP) is 1.27. The molecule has 0 aromatic rings. The van der Waals surface area contributed by atoms with Gasteiger partial charge in [0.1, 0.15) is 15.4 Å². The number of alkyl carbamates (subject to hydrolysis) is 1. The zero-order chi connectivity index (χ0) is 17.0. The first-order valence-corrected chi connectivity index (χ1v) is 9.11. The molecule has 0 saturated carbocycles. The van der Waals surface area contributed by atoms with Crippen LogP contribution in [0.15, 0.2) is 0 Å². The van der Waals surface area contributed by atoms with Crippen molar-refractivity contribution in [2.24, 2.45) is 5.92 Å². The van der Waals surface area contributed by atoms with Gasteiger partial charge in [0.05, 0.1) is 25.0 Å². The zero-order valence-electron chi connectivity index (χ0n) is 13.5. The van der Waals surface area contributed by atoms with E-state index in [1.807, 2.05) is 0 Å². The summed E-state index contributed by atoms with van der Waals surface area (Å²) < 4.78 is 33.4. The molecule has 0 spiro atoms. The van der Waals surface area contributed by atoms with E-state index in [1.165, 1.54) is 7.11 Å². The van der Waals surface area contributed by atoms with Crippen LogP contribution in [0.5, 0.6) is 0 Å². The lowest BCUT2D eigenvalue weighted by Gasteiger charge is -2.27. The Hall–Kier alpha value is -1.31. The summed E-state index contributed by atoms with van der Waals surface area (Å²) in [5.41, 5.74) is -0.640. The Kier molecular flexibility index (Phi) is 6.22. The lowest BCUT2D eigenvalue weighted by atomic mass is 9.92. The zero-order valence-corrected chi connectivity index (χ0v) is 14.4. The topological polar surface area (TPSA) is 98.8 Å². The standard InChI is InChI=1S/C14H25NO6S/c1-14(2,3)21-13(17)15-11-6-8-22(18,19)7-5-10(11)9-12(16)20-4/h10-11H,5-9H2,1-4H3,(H,15,17)/t10-,11-/m1/s1. The molecule has 128 valence electrons. The third-order valence-electron chi connectivity index (χ3n) is 3.47. The molecule has 0 bridgehead atoms. The first kappa shape index (κ1) is 18.7. The molecular weight excluding hydrogens is 310 g/mol. The van der Waals surface area contributed by atoms with E-state index in [4.69, 9.17) is 4.74 Å². The number of amides is 1. The van der Waals surface area contributed by atoms with Crippen LogP contribution in [0.2, 0.25) is 0 Å². The molecule has 0 aromatic heterocycles. The van der Waals surface area contributed by atoms with Crippen molar-refractivity contribution in [2.45, 2.75) is 51.7 Å². The van der Waals surface area contributed by atoms with Crippen LogP contribution in [-0.2, 0) is 24.1 Å². The molecule has 7 nitrogen and oxygen atoms in total. The Balaban J connectivity index is 2.79. The van der Waals surface area contributed by atoms with Gasteiger partial charge in [0.15, 0.2) is 0 Å².